The Morgan fingerprint density at radius 1 is 0.857 bits per heavy atom. The molecule has 0 saturated heterocycles. The molecule has 4 nitrogen and oxygen atoms in total. The highest BCUT2D eigenvalue weighted by Gasteiger charge is 2.00. The minimum Gasteiger partial charge on any atom is -0.369 e. The topological polar surface area (TPSA) is 76.8 Å². The molecule has 0 aliphatic rings. The molecule has 0 saturated carbocycles. The Labute approximate surface area is 128 Å². The first-order chi connectivity index (χ1) is 9.74. The predicted molar refractivity (Wildman–Crippen MR) is 92.1 cm³/mol. The summed E-state index contributed by atoms with van der Waals surface area (Å²) < 4.78 is 0. The van der Waals surface area contributed by atoms with Crippen molar-refractivity contribution in [1.82, 2.24) is 0 Å². The molecule has 106 valence electrons. The van der Waals surface area contributed by atoms with Crippen molar-refractivity contribution in [2.75, 3.05) is 0 Å². The van der Waals surface area contributed by atoms with Crippen LogP contribution < -0.4 is 11.5 Å². The van der Waals surface area contributed by atoms with Gasteiger partial charge in [-0.25, -0.2) is 0 Å². The van der Waals surface area contributed by atoms with Crippen LogP contribution in [0.25, 0.3) is 21.5 Å². The van der Waals surface area contributed by atoms with E-state index < -0.39 is 0 Å². The lowest BCUT2D eigenvalue weighted by Crippen LogP contribution is -2.21. The number of guanidine groups is 1. The minimum atomic E-state index is -0.0486. The molecular formula is C16H15ClN4. The van der Waals surface area contributed by atoms with Crippen molar-refractivity contribution in [1.29, 1.82) is 0 Å². The van der Waals surface area contributed by atoms with E-state index in [1.54, 1.807) is 6.21 Å². The van der Waals surface area contributed by atoms with E-state index in [-0.39, 0.29) is 18.4 Å². The summed E-state index contributed by atoms with van der Waals surface area (Å²) in [5.41, 5.74) is 11.4. The van der Waals surface area contributed by atoms with Crippen molar-refractivity contribution in [3.05, 3.63) is 60.2 Å². The Hall–Kier alpha value is -2.59. The second-order valence-electron chi connectivity index (χ2n) is 4.54. The number of fused-ring (bicyclic) bond motifs is 3. The maximum atomic E-state index is 5.24. The third-order valence-electron chi connectivity index (χ3n) is 3.15. The van der Waals surface area contributed by atoms with Gasteiger partial charge >= 0.3 is 0 Å². The van der Waals surface area contributed by atoms with Gasteiger partial charge in [-0.3, -0.25) is 0 Å². The van der Waals surface area contributed by atoms with Crippen LogP contribution in [-0.2, 0) is 0 Å². The van der Waals surface area contributed by atoms with Crippen LogP contribution in [0.3, 0.4) is 0 Å². The molecule has 0 heterocycles. The highest BCUT2D eigenvalue weighted by molar-refractivity contribution is 6.08. The zero-order valence-corrected chi connectivity index (χ0v) is 12.0. The maximum Gasteiger partial charge on any atom is 0.211 e. The lowest BCUT2D eigenvalue weighted by molar-refractivity contribution is 1.22. The van der Waals surface area contributed by atoms with Crippen molar-refractivity contribution in [3.8, 4) is 0 Å². The largest absolute Gasteiger partial charge is 0.369 e. The average molecular weight is 299 g/mol. The smallest absolute Gasteiger partial charge is 0.211 e. The van der Waals surface area contributed by atoms with E-state index in [2.05, 4.69) is 46.6 Å². The first-order valence-electron chi connectivity index (χ1n) is 6.27. The highest BCUT2D eigenvalue weighted by atomic mass is 35.5. The Kier molecular flexibility index (Phi) is 4.40. The molecule has 0 amide bonds. The summed E-state index contributed by atoms with van der Waals surface area (Å²) in [6.45, 7) is 0. The zero-order chi connectivity index (χ0) is 13.9. The number of halogens is 1. The quantitative estimate of drug-likeness (QED) is 0.330. The Balaban J connectivity index is 0.00000161. The molecule has 3 aromatic rings. The first kappa shape index (κ1) is 14.8. The van der Waals surface area contributed by atoms with Gasteiger partial charge in [-0.1, -0.05) is 48.5 Å². The SMILES string of the molecule is Cl.NC(N)=NN=Cc1ccc2ccc3ccccc3c2c1. The van der Waals surface area contributed by atoms with Crippen LogP contribution >= 0.6 is 12.4 Å². The molecule has 21 heavy (non-hydrogen) atoms. The van der Waals surface area contributed by atoms with Crippen molar-refractivity contribution < 1.29 is 0 Å². The molecule has 0 aromatic heterocycles. The van der Waals surface area contributed by atoms with Crippen LogP contribution in [0.15, 0.2) is 64.8 Å². The molecule has 0 radical (unpaired) electrons. The van der Waals surface area contributed by atoms with Crippen LogP contribution in [0.5, 0.6) is 0 Å². The second kappa shape index (κ2) is 6.24. The van der Waals surface area contributed by atoms with Gasteiger partial charge in [0.1, 0.15) is 0 Å². The number of hydrogen-bond donors (Lipinski definition) is 2. The number of hydrogen-bond acceptors (Lipinski definition) is 2. The first-order valence-corrected chi connectivity index (χ1v) is 6.27. The average Bonchev–Trinajstić information content (AvgIpc) is 2.47. The van der Waals surface area contributed by atoms with Gasteiger partial charge in [-0.15, -0.1) is 17.5 Å². The minimum absolute atomic E-state index is 0. The van der Waals surface area contributed by atoms with Gasteiger partial charge in [0.05, 0.1) is 6.21 Å². The van der Waals surface area contributed by atoms with E-state index in [1.807, 2.05) is 18.2 Å². The summed E-state index contributed by atoms with van der Waals surface area (Å²) >= 11 is 0. The number of nitrogens with zero attached hydrogens (tertiary/aromatic N) is 2. The second-order valence-corrected chi connectivity index (χ2v) is 4.54. The van der Waals surface area contributed by atoms with Crippen molar-refractivity contribution >= 4 is 46.1 Å². The van der Waals surface area contributed by atoms with Gasteiger partial charge in [0.25, 0.3) is 0 Å². The fourth-order valence-electron chi connectivity index (χ4n) is 2.26. The van der Waals surface area contributed by atoms with E-state index in [4.69, 9.17) is 11.5 Å². The summed E-state index contributed by atoms with van der Waals surface area (Å²) in [4.78, 5) is 0. The Bertz CT molecular complexity index is 836. The third-order valence-corrected chi connectivity index (χ3v) is 3.15. The van der Waals surface area contributed by atoms with Gasteiger partial charge in [0.15, 0.2) is 0 Å². The molecule has 0 aliphatic heterocycles. The van der Waals surface area contributed by atoms with E-state index in [0.717, 1.165) is 5.56 Å². The number of nitrogens with two attached hydrogens (primary N) is 2. The fraction of sp³-hybridized carbons (Fsp3) is 0. The maximum absolute atomic E-state index is 5.24. The molecule has 0 spiro atoms. The molecule has 0 aliphatic carbocycles. The van der Waals surface area contributed by atoms with Crippen LogP contribution in [0.1, 0.15) is 5.56 Å². The Morgan fingerprint density at radius 2 is 1.52 bits per heavy atom. The van der Waals surface area contributed by atoms with Gasteiger partial charge in [0, 0.05) is 0 Å². The third kappa shape index (κ3) is 3.12. The fourth-order valence-corrected chi connectivity index (χ4v) is 2.26. The number of benzene rings is 3. The molecule has 4 N–H and O–H groups in total. The predicted octanol–water partition coefficient (Wildman–Crippen LogP) is 3.02. The monoisotopic (exact) mass is 298 g/mol. The van der Waals surface area contributed by atoms with Gasteiger partial charge in [0.2, 0.25) is 5.96 Å². The highest BCUT2D eigenvalue weighted by Crippen LogP contribution is 2.25. The van der Waals surface area contributed by atoms with Crippen LogP contribution in [0.4, 0.5) is 0 Å². The van der Waals surface area contributed by atoms with Gasteiger partial charge in [-0.2, -0.15) is 5.10 Å². The van der Waals surface area contributed by atoms with E-state index in [1.165, 1.54) is 21.5 Å². The van der Waals surface area contributed by atoms with E-state index in [9.17, 15) is 0 Å². The molecule has 3 rings (SSSR count). The molecule has 0 fully saturated rings. The summed E-state index contributed by atoms with van der Waals surface area (Å²) in [7, 11) is 0. The lowest BCUT2D eigenvalue weighted by Gasteiger charge is -2.04. The molecular weight excluding hydrogens is 284 g/mol. The Morgan fingerprint density at radius 3 is 2.29 bits per heavy atom. The van der Waals surface area contributed by atoms with Gasteiger partial charge < -0.3 is 11.5 Å². The van der Waals surface area contributed by atoms with Crippen LogP contribution in [-0.4, -0.2) is 12.2 Å². The summed E-state index contributed by atoms with van der Waals surface area (Å²) in [6, 6.07) is 18.7. The van der Waals surface area contributed by atoms with Crippen molar-refractivity contribution in [3.63, 3.8) is 0 Å². The van der Waals surface area contributed by atoms with Crippen LogP contribution in [0, 0.1) is 0 Å². The van der Waals surface area contributed by atoms with E-state index >= 15 is 0 Å². The van der Waals surface area contributed by atoms with Crippen LogP contribution in [0.2, 0.25) is 0 Å². The molecule has 0 atom stereocenters. The molecule has 0 unspecified atom stereocenters. The lowest BCUT2D eigenvalue weighted by atomic mass is 10.0. The summed E-state index contributed by atoms with van der Waals surface area (Å²) in [6.07, 6.45) is 1.64. The molecule has 3 aromatic carbocycles. The molecule has 5 heteroatoms. The normalized spacial score (nSPS) is 10.7. The van der Waals surface area contributed by atoms with Gasteiger partial charge in [-0.05, 0) is 33.2 Å². The zero-order valence-electron chi connectivity index (χ0n) is 11.2. The van der Waals surface area contributed by atoms with Crippen molar-refractivity contribution in [2.24, 2.45) is 21.7 Å². The number of rotatable bonds is 2. The van der Waals surface area contributed by atoms with E-state index in [0.29, 0.717) is 0 Å². The standard InChI is InChI=1S/C16H14N4.ClH/c17-16(18)20-19-10-11-5-6-13-8-7-12-3-1-2-4-14(12)15(13)9-11;/h1-10H,(H4,17,18,20);1H. The van der Waals surface area contributed by atoms with Crippen molar-refractivity contribution in [2.45, 2.75) is 0 Å². The molecule has 0 bridgehead atoms. The summed E-state index contributed by atoms with van der Waals surface area (Å²) in [5.74, 6) is -0.0486. The summed E-state index contributed by atoms with van der Waals surface area (Å²) in [5, 5.41) is 12.3.